The van der Waals surface area contributed by atoms with Crippen molar-refractivity contribution in [2.24, 2.45) is 0 Å². The summed E-state index contributed by atoms with van der Waals surface area (Å²) in [5.41, 5.74) is 15.3. The molecule has 0 aliphatic heterocycles. The molecule has 0 atom stereocenters. The first-order chi connectivity index (χ1) is 28.3. The van der Waals surface area contributed by atoms with Crippen LogP contribution in [0.4, 0.5) is 17.1 Å². The van der Waals surface area contributed by atoms with Crippen molar-refractivity contribution < 1.29 is 4.42 Å². The van der Waals surface area contributed by atoms with Crippen LogP contribution < -0.4 is 4.90 Å². The molecule has 0 bridgehead atoms. The summed E-state index contributed by atoms with van der Waals surface area (Å²) in [5, 5.41) is 4.64. The van der Waals surface area contributed by atoms with Gasteiger partial charge in [-0.2, -0.15) is 0 Å². The molecule has 0 radical (unpaired) electrons. The normalized spacial score (nSPS) is 11.5. The van der Waals surface area contributed by atoms with Crippen LogP contribution in [0, 0.1) is 0 Å². The molecule has 268 valence electrons. The van der Waals surface area contributed by atoms with Crippen LogP contribution in [-0.2, 0) is 0 Å². The second-order valence-electron chi connectivity index (χ2n) is 14.6. The summed E-state index contributed by atoms with van der Waals surface area (Å²) in [6, 6.07) is 78.1. The fraction of sp³-hybridized carbons (Fsp3) is 0. The van der Waals surface area contributed by atoms with Crippen LogP contribution >= 0.6 is 0 Å². The van der Waals surface area contributed by atoms with Crippen LogP contribution in [0.15, 0.2) is 223 Å². The van der Waals surface area contributed by atoms with Gasteiger partial charge in [0.05, 0.1) is 16.7 Å². The molecule has 0 amide bonds. The molecule has 3 heteroatoms. The van der Waals surface area contributed by atoms with E-state index in [0.717, 1.165) is 55.8 Å². The minimum Gasteiger partial charge on any atom is -0.454 e. The lowest BCUT2D eigenvalue weighted by Gasteiger charge is -2.26. The Hall–Kier alpha value is -7.62. The van der Waals surface area contributed by atoms with Gasteiger partial charge in [-0.3, -0.25) is 0 Å². The maximum atomic E-state index is 6.69. The summed E-state index contributed by atoms with van der Waals surface area (Å²) < 4.78 is 9.07. The molecule has 0 spiro atoms. The molecule has 3 nitrogen and oxygen atoms in total. The highest BCUT2D eigenvalue weighted by Crippen LogP contribution is 2.44. The van der Waals surface area contributed by atoms with Crippen molar-refractivity contribution >= 4 is 60.8 Å². The highest BCUT2D eigenvalue weighted by atomic mass is 16.3. The number of hydrogen-bond donors (Lipinski definition) is 0. The van der Waals surface area contributed by atoms with Gasteiger partial charge in [0.2, 0.25) is 0 Å². The lowest BCUT2D eigenvalue weighted by Crippen LogP contribution is -2.10. The number of benzene rings is 9. The summed E-state index contributed by atoms with van der Waals surface area (Å²) in [7, 11) is 0. The molecule has 2 heterocycles. The van der Waals surface area contributed by atoms with E-state index in [-0.39, 0.29) is 0 Å². The van der Waals surface area contributed by atoms with Crippen molar-refractivity contribution in [2.45, 2.75) is 0 Å². The maximum absolute atomic E-state index is 6.69. The molecule has 0 aliphatic rings. The van der Waals surface area contributed by atoms with Crippen LogP contribution in [0.2, 0.25) is 0 Å². The van der Waals surface area contributed by atoms with E-state index in [2.05, 4.69) is 222 Å². The van der Waals surface area contributed by atoms with Crippen molar-refractivity contribution in [3.8, 4) is 39.1 Å². The smallest absolute Gasteiger partial charge is 0.159 e. The minimum absolute atomic E-state index is 0.856. The number of nitrogens with zero attached hydrogens (tertiary/aromatic N) is 2. The van der Waals surface area contributed by atoms with E-state index < -0.39 is 0 Å². The van der Waals surface area contributed by atoms with Crippen molar-refractivity contribution in [2.75, 3.05) is 4.90 Å². The Morgan fingerprint density at radius 3 is 1.54 bits per heavy atom. The van der Waals surface area contributed by atoms with Crippen LogP contribution in [0.3, 0.4) is 0 Å². The van der Waals surface area contributed by atoms with Gasteiger partial charge in [0, 0.05) is 38.6 Å². The number of fused-ring (bicyclic) bond motifs is 6. The quantitative estimate of drug-likeness (QED) is 0.163. The first kappa shape index (κ1) is 32.8. The molecule has 0 saturated carbocycles. The van der Waals surface area contributed by atoms with Crippen LogP contribution in [0.1, 0.15) is 0 Å². The van der Waals surface area contributed by atoms with Crippen molar-refractivity contribution in [3.05, 3.63) is 218 Å². The zero-order valence-corrected chi connectivity index (χ0v) is 31.1. The van der Waals surface area contributed by atoms with Gasteiger partial charge in [0.1, 0.15) is 5.58 Å². The minimum atomic E-state index is 0.856. The van der Waals surface area contributed by atoms with Crippen LogP contribution in [0.5, 0.6) is 0 Å². The van der Waals surface area contributed by atoms with Gasteiger partial charge in [-0.25, -0.2) is 0 Å². The predicted molar refractivity (Wildman–Crippen MR) is 239 cm³/mol. The van der Waals surface area contributed by atoms with Gasteiger partial charge in [0.25, 0.3) is 0 Å². The molecule has 0 N–H and O–H groups in total. The summed E-state index contributed by atoms with van der Waals surface area (Å²) in [4.78, 5) is 2.34. The number of rotatable bonds is 7. The average molecular weight is 729 g/mol. The molecule has 11 aromatic rings. The monoisotopic (exact) mass is 728 g/mol. The SMILES string of the molecule is c1ccc(-c2cc(-c3ccccc3)cc(-c3ccc(N(c4ccc5c6ccccc6n(-c6ccccc6)c5c4)c4cccc5c4oc4ccccc45)cc3)c2)cc1. The Bertz CT molecular complexity index is 3160. The van der Waals surface area contributed by atoms with E-state index >= 15 is 0 Å². The van der Waals surface area contributed by atoms with E-state index in [1.807, 2.05) is 6.07 Å². The second kappa shape index (κ2) is 13.6. The lowest BCUT2D eigenvalue weighted by molar-refractivity contribution is 0.669. The molecule has 11 rings (SSSR count). The largest absolute Gasteiger partial charge is 0.454 e. The van der Waals surface area contributed by atoms with Gasteiger partial charge in [-0.05, 0) is 106 Å². The van der Waals surface area contributed by atoms with Crippen molar-refractivity contribution in [1.82, 2.24) is 4.57 Å². The molecule has 0 aliphatic carbocycles. The summed E-state index contributed by atoms with van der Waals surface area (Å²) >= 11 is 0. The topological polar surface area (TPSA) is 21.3 Å². The number of furan rings is 1. The summed E-state index contributed by atoms with van der Waals surface area (Å²) in [6.07, 6.45) is 0. The van der Waals surface area contributed by atoms with Gasteiger partial charge in [-0.1, -0.05) is 146 Å². The van der Waals surface area contributed by atoms with E-state index in [9.17, 15) is 0 Å². The Morgan fingerprint density at radius 1 is 0.333 bits per heavy atom. The highest BCUT2D eigenvalue weighted by molar-refractivity contribution is 6.12. The van der Waals surface area contributed by atoms with Crippen molar-refractivity contribution in [1.29, 1.82) is 0 Å². The van der Waals surface area contributed by atoms with E-state index in [1.54, 1.807) is 0 Å². The Kier molecular flexibility index (Phi) is 7.82. The van der Waals surface area contributed by atoms with E-state index in [1.165, 1.54) is 44.1 Å². The van der Waals surface area contributed by atoms with Gasteiger partial charge >= 0.3 is 0 Å². The molecule has 2 aromatic heterocycles. The number of aromatic nitrogens is 1. The third-order valence-electron chi connectivity index (χ3n) is 11.2. The van der Waals surface area contributed by atoms with Crippen LogP contribution in [-0.4, -0.2) is 4.57 Å². The lowest BCUT2D eigenvalue weighted by atomic mass is 9.93. The second-order valence-corrected chi connectivity index (χ2v) is 14.6. The van der Waals surface area contributed by atoms with Gasteiger partial charge in [0.15, 0.2) is 5.58 Å². The average Bonchev–Trinajstić information content (AvgIpc) is 3.84. The first-order valence-electron chi connectivity index (χ1n) is 19.4. The fourth-order valence-corrected chi connectivity index (χ4v) is 8.48. The molecule has 0 unspecified atom stereocenters. The third-order valence-corrected chi connectivity index (χ3v) is 11.2. The van der Waals surface area contributed by atoms with E-state index in [0.29, 0.717) is 0 Å². The number of hydrogen-bond acceptors (Lipinski definition) is 2. The number of para-hydroxylation sites is 4. The van der Waals surface area contributed by atoms with Crippen LogP contribution in [0.25, 0.3) is 82.8 Å². The standard InChI is InChI=1S/C54H36N2O/c1-4-15-37(16-5-1)40-33-41(38-17-6-2-7-18-38)35-42(34-40)39-27-29-44(30-28-39)55(51-25-14-23-49-48-22-11-13-26-53(48)57-54(49)51)45-31-32-47-46-21-10-12-24-50(46)56(52(47)36-45)43-19-8-3-9-20-43/h1-36H. The molecule has 0 fully saturated rings. The summed E-state index contributed by atoms with van der Waals surface area (Å²) in [5.74, 6) is 0. The molecular weight excluding hydrogens is 693 g/mol. The summed E-state index contributed by atoms with van der Waals surface area (Å²) in [6.45, 7) is 0. The van der Waals surface area contributed by atoms with E-state index in [4.69, 9.17) is 4.42 Å². The maximum Gasteiger partial charge on any atom is 0.159 e. The molecular formula is C54H36N2O. The number of anilines is 3. The molecule has 9 aromatic carbocycles. The first-order valence-corrected chi connectivity index (χ1v) is 19.4. The van der Waals surface area contributed by atoms with Crippen molar-refractivity contribution in [3.63, 3.8) is 0 Å². The predicted octanol–water partition coefficient (Wildman–Crippen LogP) is 15.2. The molecule has 57 heavy (non-hydrogen) atoms. The van der Waals surface area contributed by atoms with Gasteiger partial charge in [-0.15, -0.1) is 0 Å². The zero-order valence-electron chi connectivity index (χ0n) is 31.1. The Labute approximate surface area is 330 Å². The fourth-order valence-electron chi connectivity index (χ4n) is 8.48. The zero-order chi connectivity index (χ0) is 37.7. The molecule has 0 saturated heterocycles. The highest BCUT2D eigenvalue weighted by Gasteiger charge is 2.21. The Morgan fingerprint density at radius 2 is 0.860 bits per heavy atom. The van der Waals surface area contributed by atoms with Gasteiger partial charge < -0.3 is 13.9 Å². The third kappa shape index (κ3) is 5.68. The Balaban J connectivity index is 1.11.